The molecule has 0 N–H and O–H groups in total. The number of unbranched alkanes of at least 4 members (excludes halogenated alkanes) is 1. The van der Waals surface area contributed by atoms with Crippen molar-refractivity contribution in [3.05, 3.63) is 0 Å². The third kappa shape index (κ3) is 2.95. The number of nitrogens with zero attached hydrogens (tertiary/aromatic N) is 1. The molecule has 1 heterocycles. The smallest absolute Gasteiger partial charge is 0.0463 e. The first kappa shape index (κ1) is 10.3. The Balaban J connectivity index is 2.28. The van der Waals surface area contributed by atoms with E-state index in [1.54, 1.807) is 0 Å². The molecule has 1 fully saturated rings. The first-order chi connectivity index (χ1) is 5.74. The lowest BCUT2D eigenvalue weighted by atomic mass is 10.0. The topological polar surface area (TPSA) is 3.24 Å². The molecule has 1 aliphatic rings. The van der Waals surface area contributed by atoms with Gasteiger partial charge in [-0.2, -0.15) is 0 Å². The first-order valence-electron chi connectivity index (χ1n) is 5.12. The summed E-state index contributed by atoms with van der Waals surface area (Å²) in [4.78, 5) is 2.53. The van der Waals surface area contributed by atoms with Crippen molar-refractivity contribution in [2.24, 2.45) is 0 Å². The maximum atomic E-state index is 6.11. The highest BCUT2D eigenvalue weighted by atomic mass is 35.5. The number of piperidine rings is 1. The Morgan fingerprint density at radius 3 is 2.83 bits per heavy atom. The standard InChI is InChI=1S/C10H20ClN/c1-3-4-7-12-8-10(11)6-5-9(12)2/h9-10H,3-8H2,1-2H3/t9-,10+/m0/s1. The maximum absolute atomic E-state index is 6.11. The van der Waals surface area contributed by atoms with Crippen molar-refractivity contribution in [1.29, 1.82) is 0 Å². The third-order valence-corrected chi connectivity index (χ3v) is 3.11. The highest BCUT2D eigenvalue weighted by Crippen LogP contribution is 2.20. The van der Waals surface area contributed by atoms with Gasteiger partial charge in [-0.15, -0.1) is 11.6 Å². The third-order valence-electron chi connectivity index (χ3n) is 2.75. The van der Waals surface area contributed by atoms with E-state index in [0.717, 1.165) is 12.6 Å². The van der Waals surface area contributed by atoms with E-state index in [4.69, 9.17) is 11.6 Å². The average molecular weight is 190 g/mol. The Morgan fingerprint density at radius 2 is 2.17 bits per heavy atom. The summed E-state index contributed by atoms with van der Waals surface area (Å²) in [6.07, 6.45) is 5.08. The molecule has 0 aliphatic carbocycles. The lowest BCUT2D eigenvalue weighted by Gasteiger charge is -2.35. The van der Waals surface area contributed by atoms with Crippen molar-refractivity contribution < 1.29 is 0 Å². The zero-order valence-electron chi connectivity index (χ0n) is 8.22. The molecule has 1 saturated heterocycles. The molecule has 1 nitrogen and oxygen atoms in total. The zero-order valence-corrected chi connectivity index (χ0v) is 8.98. The Bertz CT molecular complexity index is 127. The Labute approximate surface area is 81.1 Å². The van der Waals surface area contributed by atoms with Crippen molar-refractivity contribution >= 4 is 11.6 Å². The van der Waals surface area contributed by atoms with E-state index in [1.165, 1.54) is 32.2 Å². The van der Waals surface area contributed by atoms with Gasteiger partial charge in [0.15, 0.2) is 0 Å². The molecule has 0 aromatic carbocycles. The number of hydrogen-bond donors (Lipinski definition) is 0. The Kier molecular flexibility index (Phi) is 4.38. The van der Waals surface area contributed by atoms with Crippen molar-refractivity contribution in [1.82, 2.24) is 4.90 Å². The van der Waals surface area contributed by atoms with E-state index >= 15 is 0 Å². The van der Waals surface area contributed by atoms with Gasteiger partial charge < -0.3 is 0 Å². The summed E-state index contributed by atoms with van der Waals surface area (Å²) < 4.78 is 0. The van der Waals surface area contributed by atoms with Crippen LogP contribution in [0.25, 0.3) is 0 Å². The first-order valence-corrected chi connectivity index (χ1v) is 5.55. The molecule has 0 saturated carbocycles. The molecule has 0 aromatic heterocycles. The summed E-state index contributed by atoms with van der Waals surface area (Å²) in [6.45, 7) is 6.90. The Morgan fingerprint density at radius 1 is 1.42 bits per heavy atom. The number of likely N-dealkylation sites (tertiary alicyclic amines) is 1. The van der Waals surface area contributed by atoms with E-state index in [2.05, 4.69) is 18.7 Å². The van der Waals surface area contributed by atoms with Crippen LogP contribution in [-0.4, -0.2) is 29.4 Å². The second-order valence-electron chi connectivity index (χ2n) is 3.87. The minimum absolute atomic E-state index is 0.401. The SMILES string of the molecule is CCCCN1C[C@H](Cl)CC[C@@H]1C. The predicted octanol–water partition coefficient (Wildman–Crippen LogP) is 2.88. The van der Waals surface area contributed by atoms with E-state index in [0.29, 0.717) is 5.38 Å². The van der Waals surface area contributed by atoms with Gasteiger partial charge in [0.1, 0.15) is 0 Å². The van der Waals surface area contributed by atoms with Crippen molar-refractivity contribution in [2.45, 2.75) is 50.9 Å². The van der Waals surface area contributed by atoms with Crippen molar-refractivity contribution in [3.63, 3.8) is 0 Å². The van der Waals surface area contributed by atoms with E-state index < -0.39 is 0 Å². The summed E-state index contributed by atoms with van der Waals surface area (Å²) in [5, 5.41) is 0.401. The van der Waals surface area contributed by atoms with Crippen LogP contribution in [0, 0.1) is 0 Å². The average Bonchev–Trinajstić information content (AvgIpc) is 2.07. The van der Waals surface area contributed by atoms with Crippen LogP contribution in [0.2, 0.25) is 0 Å². The van der Waals surface area contributed by atoms with Crippen LogP contribution in [-0.2, 0) is 0 Å². The Hall–Kier alpha value is 0.250. The summed E-state index contributed by atoms with van der Waals surface area (Å²) in [7, 11) is 0. The summed E-state index contributed by atoms with van der Waals surface area (Å²) in [6, 6.07) is 0.756. The fraction of sp³-hybridized carbons (Fsp3) is 1.00. The van der Waals surface area contributed by atoms with Gasteiger partial charge in [0.2, 0.25) is 0 Å². The normalized spacial score (nSPS) is 32.2. The highest BCUT2D eigenvalue weighted by molar-refractivity contribution is 6.20. The number of alkyl halides is 1. The van der Waals surface area contributed by atoms with Gasteiger partial charge in [-0.25, -0.2) is 0 Å². The van der Waals surface area contributed by atoms with Crippen LogP contribution in [0.15, 0.2) is 0 Å². The van der Waals surface area contributed by atoms with Gasteiger partial charge >= 0.3 is 0 Å². The van der Waals surface area contributed by atoms with Gasteiger partial charge in [0.25, 0.3) is 0 Å². The molecule has 0 aromatic rings. The van der Waals surface area contributed by atoms with Gasteiger partial charge in [-0.1, -0.05) is 13.3 Å². The van der Waals surface area contributed by atoms with Gasteiger partial charge in [0, 0.05) is 18.0 Å². The van der Waals surface area contributed by atoms with E-state index in [1.807, 2.05) is 0 Å². The largest absolute Gasteiger partial charge is 0.299 e. The fourth-order valence-electron chi connectivity index (χ4n) is 1.80. The zero-order chi connectivity index (χ0) is 8.97. The van der Waals surface area contributed by atoms with E-state index in [-0.39, 0.29) is 0 Å². The van der Waals surface area contributed by atoms with Crippen LogP contribution in [0.3, 0.4) is 0 Å². The molecular weight excluding hydrogens is 170 g/mol. The van der Waals surface area contributed by atoms with Gasteiger partial charge in [-0.05, 0) is 32.7 Å². The summed E-state index contributed by atoms with van der Waals surface area (Å²) in [5.74, 6) is 0. The molecular formula is C10H20ClN. The van der Waals surface area contributed by atoms with Gasteiger partial charge in [0.05, 0.1) is 0 Å². The van der Waals surface area contributed by atoms with Crippen LogP contribution in [0.5, 0.6) is 0 Å². The maximum Gasteiger partial charge on any atom is 0.0463 e. The molecule has 0 bridgehead atoms. The van der Waals surface area contributed by atoms with E-state index in [9.17, 15) is 0 Å². The van der Waals surface area contributed by atoms with Crippen molar-refractivity contribution in [2.75, 3.05) is 13.1 Å². The number of halogens is 1. The second kappa shape index (κ2) is 5.08. The molecule has 0 unspecified atom stereocenters. The minimum atomic E-state index is 0.401. The lowest BCUT2D eigenvalue weighted by Crippen LogP contribution is -2.42. The molecule has 0 amide bonds. The van der Waals surface area contributed by atoms with Crippen LogP contribution in [0.1, 0.15) is 39.5 Å². The highest BCUT2D eigenvalue weighted by Gasteiger charge is 2.22. The molecule has 0 spiro atoms. The summed E-state index contributed by atoms with van der Waals surface area (Å²) in [5.41, 5.74) is 0. The second-order valence-corrected chi connectivity index (χ2v) is 4.49. The molecule has 72 valence electrons. The number of hydrogen-bond acceptors (Lipinski definition) is 1. The lowest BCUT2D eigenvalue weighted by molar-refractivity contribution is 0.161. The molecule has 2 heteroatoms. The number of rotatable bonds is 3. The van der Waals surface area contributed by atoms with Gasteiger partial charge in [-0.3, -0.25) is 4.90 Å². The fourth-order valence-corrected chi connectivity index (χ4v) is 2.11. The monoisotopic (exact) mass is 189 g/mol. The van der Waals surface area contributed by atoms with Crippen LogP contribution < -0.4 is 0 Å². The predicted molar refractivity (Wildman–Crippen MR) is 54.8 cm³/mol. The molecule has 2 atom stereocenters. The van der Waals surface area contributed by atoms with Crippen LogP contribution >= 0.6 is 11.6 Å². The van der Waals surface area contributed by atoms with Crippen molar-refractivity contribution in [3.8, 4) is 0 Å². The molecule has 1 aliphatic heterocycles. The minimum Gasteiger partial charge on any atom is -0.299 e. The molecule has 12 heavy (non-hydrogen) atoms. The van der Waals surface area contributed by atoms with Crippen LogP contribution in [0.4, 0.5) is 0 Å². The molecule has 1 rings (SSSR count). The summed E-state index contributed by atoms with van der Waals surface area (Å²) >= 11 is 6.11. The quantitative estimate of drug-likeness (QED) is 0.618. The molecule has 0 radical (unpaired) electrons.